The van der Waals surface area contributed by atoms with Gasteiger partial charge < -0.3 is 14.5 Å². The first-order valence-electron chi connectivity index (χ1n) is 12.8. The van der Waals surface area contributed by atoms with Gasteiger partial charge >= 0.3 is 0 Å². The van der Waals surface area contributed by atoms with E-state index < -0.39 is 29.7 Å². The van der Waals surface area contributed by atoms with Crippen molar-refractivity contribution in [2.75, 3.05) is 31.6 Å². The topological polar surface area (TPSA) is 116 Å². The zero-order valence-corrected chi connectivity index (χ0v) is 21.2. The number of rotatable bonds is 7. The van der Waals surface area contributed by atoms with Crippen LogP contribution >= 0.6 is 0 Å². The lowest BCUT2D eigenvalue weighted by Gasteiger charge is -2.38. The molecule has 10 heteroatoms. The number of amides is 5. The van der Waals surface area contributed by atoms with Crippen molar-refractivity contribution in [2.24, 2.45) is 0 Å². The molecule has 1 unspecified atom stereocenters. The van der Waals surface area contributed by atoms with Crippen LogP contribution in [0, 0.1) is 0 Å². The lowest BCUT2D eigenvalue weighted by Crippen LogP contribution is -2.54. The van der Waals surface area contributed by atoms with E-state index in [0.29, 0.717) is 43.8 Å². The molecule has 38 heavy (non-hydrogen) atoms. The van der Waals surface area contributed by atoms with Crippen molar-refractivity contribution in [3.05, 3.63) is 65.2 Å². The highest BCUT2D eigenvalue weighted by Crippen LogP contribution is 2.35. The number of hydrogen-bond donors (Lipinski definition) is 1. The predicted molar refractivity (Wildman–Crippen MR) is 137 cm³/mol. The number of nitrogens with one attached hydrogen (secondary N) is 1. The molecule has 0 bridgehead atoms. The third-order valence-electron chi connectivity index (χ3n) is 7.53. The van der Waals surface area contributed by atoms with Crippen molar-refractivity contribution in [3.63, 3.8) is 0 Å². The van der Waals surface area contributed by atoms with Gasteiger partial charge in [-0.25, -0.2) is 0 Å². The van der Waals surface area contributed by atoms with Crippen molar-refractivity contribution < 1.29 is 28.7 Å². The maximum Gasteiger partial charge on any atom is 0.264 e. The van der Waals surface area contributed by atoms with E-state index in [1.54, 1.807) is 24.1 Å². The van der Waals surface area contributed by atoms with Gasteiger partial charge in [-0.3, -0.25) is 34.2 Å². The summed E-state index contributed by atoms with van der Waals surface area (Å²) in [5, 5.41) is 2.22. The Morgan fingerprint density at radius 3 is 2.42 bits per heavy atom. The first-order chi connectivity index (χ1) is 18.3. The Labute approximate surface area is 220 Å². The van der Waals surface area contributed by atoms with E-state index in [0.717, 1.165) is 10.5 Å². The second-order valence-corrected chi connectivity index (χ2v) is 9.85. The summed E-state index contributed by atoms with van der Waals surface area (Å²) in [6, 6.07) is 13.9. The van der Waals surface area contributed by atoms with Crippen LogP contribution in [0.25, 0.3) is 0 Å². The summed E-state index contributed by atoms with van der Waals surface area (Å²) in [6.07, 6.45) is 1.59. The van der Waals surface area contributed by atoms with E-state index in [4.69, 9.17) is 4.74 Å². The second-order valence-electron chi connectivity index (χ2n) is 9.85. The number of hydrogen-bond acceptors (Lipinski definition) is 7. The maximum absolute atomic E-state index is 13.4. The van der Waals surface area contributed by atoms with Gasteiger partial charge in [0, 0.05) is 32.6 Å². The molecule has 5 rings (SSSR count). The molecule has 2 fully saturated rings. The number of benzene rings is 2. The number of ether oxygens (including phenoxy) is 1. The smallest absolute Gasteiger partial charge is 0.264 e. The van der Waals surface area contributed by atoms with E-state index in [2.05, 4.69) is 10.2 Å². The van der Waals surface area contributed by atoms with E-state index >= 15 is 0 Å². The molecule has 5 amide bonds. The van der Waals surface area contributed by atoms with Crippen molar-refractivity contribution in [2.45, 2.75) is 44.4 Å². The predicted octanol–water partition coefficient (Wildman–Crippen LogP) is 1.73. The minimum absolute atomic E-state index is 0.00455. The number of likely N-dealkylation sites (N-methyl/N-ethyl adjacent to an activating group) is 1. The molecule has 2 aromatic carbocycles. The zero-order valence-electron chi connectivity index (χ0n) is 21.2. The molecule has 2 aromatic rings. The van der Waals surface area contributed by atoms with Crippen LogP contribution in [0.3, 0.4) is 0 Å². The highest BCUT2D eigenvalue weighted by molar-refractivity contribution is 6.25. The highest BCUT2D eigenvalue weighted by Gasteiger charge is 2.46. The molecular formula is C28H30N4O6. The molecule has 1 N–H and O–H groups in total. The molecule has 0 aliphatic carbocycles. The van der Waals surface area contributed by atoms with Gasteiger partial charge in [-0.2, -0.15) is 0 Å². The van der Waals surface area contributed by atoms with Crippen molar-refractivity contribution in [1.29, 1.82) is 0 Å². The Hall–Kier alpha value is -4.05. The Morgan fingerprint density at radius 2 is 1.71 bits per heavy atom. The van der Waals surface area contributed by atoms with Crippen molar-refractivity contribution >= 4 is 35.2 Å². The second kappa shape index (κ2) is 10.7. The third-order valence-corrected chi connectivity index (χ3v) is 7.53. The molecule has 0 saturated carbocycles. The summed E-state index contributed by atoms with van der Waals surface area (Å²) >= 11 is 0. The number of carbonyl (C=O) groups is 5. The third kappa shape index (κ3) is 4.91. The van der Waals surface area contributed by atoms with Gasteiger partial charge in [0.2, 0.25) is 17.7 Å². The Bertz CT molecular complexity index is 1270. The molecule has 3 heterocycles. The SMILES string of the molecule is CN(C(=O)COCc1ccccc1)C1CCN(c2cccc3c2C(=O)N(C2CCC(=O)NC2=O)C3=O)CC1. The monoisotopic (exact) mass is 518 g/mol. The summed E-state index contributed by atoms with van der Waals surface area (Å²) in [5.74, 6) is -2.14. The summed E-state index contributed by atoms with van der Waals surface area (Å²) in [5.41, 5.74) is 2.21. The number of carbonyl (C=O) groups excluding carboxylic acids is 5. The quantitative estimate of drug-likeness (QED) is 0.555. The van der Waals surface area contributed by atoms with Gasteiger partial charge in [-0.05, 0) is 37.0 Å². The summed E-state index contributed by atoms with van der Waals surface area (Å²) in [4.78, 5) is 67.9. The van der Waals surface area contributed by atoms with Crippen LogP contribution in [-0.2, 0) is 25.7 Å². The van der Waals surface area contributed by atoms with Crippen LogP contribution in [0.15, 0.2) is 48.5 Å². The fraction of sp³-hybridized carbons (Fsp3) is 0.393. The molecule has 198 valence electrons. The van der Waals surface area contributed by atoms with E-state index in [1.807, 2.05) is 36.4 Å². The molecule has 0 aromatic heterocycles. The minimum Gasteiger partial charge on any atom is -0.371 e. The van der Waals surface area contributed by atoms with Crippen LogP contribution in [0.1, 0.15) is 52.0 Å². The average Bonchev–Trinajstić information content (AvgIpc) is 3.18. The largest absolute Gasteiger partial charge is 0.371 e. The van der Waals surface area contributed by atoms with Gasteiger partial charge in [0.15, 0.2) is 0 Å². The van der Waals surface area contributed by atoms with Gasteiger partial charge in [0.1, 0.15) is 12.6 Å². The number of nitrogens with zero attached hydrogens (tertiary/aromatic N) is 3. The van der Waals surface area contributed by atoms with Gasteiger partial charge in [-0.15, -0.1) is 0 Å². The number of imide groups is 2. The number of piperidine rings is 2. The molecule has 0 radical (unpaired) electrons. The lowest BCUT2D eigenvalue weighted by molar-refractivity contribution is -0.138. The molecule has 10 nitrogen and oxygen atoms in total. The number of fused-ring (bicyclic) bond motifs is 1. The summed E-state index contributed by atoms with van der Waals surface area (Å²) in [6.45, 7) is 1.58. The summed E-state index contributed by atoms with van der Waals surface area (Å²) < 4.78 is 5.61. The van der Waals surface area contributed by atoms with Gasteiger partial charge in [0.05, 0.1) is 23.4 Å². The molecule has 3 aliphatic rings. The first-order valence-corrected chi connectivity index (χ1v) is 12.8. The molecule has 2 saturated heterocycles. The Kier molecular flexibility index (Phi) is 7.24. The van der Waals surface area contributed by atoms with Crippen LogP contribution < -0.4 is 10.2 Å². The number of anilines is 1. The van der Waals surface area contributed by atoms with Gasteiger partial charge in [-0.1, -0.05) is 36.4 Å². The van der Waals surface area contributed by atoms with Crippen LogP contribution in [-0.4, -0.2) is 78.2 Å². The zero-order chi connectivity index (χ0) is 26.8. The molecule has 1 atom stereocenters. The van der Waals surface area contributed by atoms with Crippen LogP contribution in [0.5, 0.6) is 0 Å². The average molecular weight is 519 g/mol. The lowest BCUT2D eigenvalue weighted by atomic mass is 10.00. The molecule has 3 aliphatic heterocycles. The standard InChI is InChI=1S/C28H30N4O6/c1-30(24(34)17-38-16-18-6-3-2-4-7-18)19-12-14-31(15-13-19)21-9-5-8-20-25(21)28(37)32(27(20)36)22-10-11-23(33)29-26(22)35/h2-9,19,22H,10-17H2,1H3,(H,29,33,35). The van der Waals surface area contributed by atoms with Crippen LogP contribution in [0.4, 0.5) is 5.69 Å². The van der Waals surface area contributed by atoms with Crippen LogP contribution in [0.2, 0.25) is 0 Å². The Balaban J connectivity index is 1.21. The van der Waals surface area contributed by atoms with E-state index in [1.165, 1.54) is 0 Å². The van der Waals surface area contributed by atoms with E-state index in [-0.39, 0.29) is 37.0 Å². The minimum atomic E-state index is -0.998. The fourth-order valence-corrected chi connectivity index (χ4v) is 5.39. The molecular weight excluding hydrogens is 488 g/mol. The van der Waals surface area contributed by atoms with E-state index in [9.17, 15) is 24.0 Å². The maximum atomic E-state index is 13.4. The van der Waals surface area contributed by atoms with Crippen molar-refractivity contribution in [1.82, 2.24) is 15.1 Å². The van der Waals surface area contributed by atoms with Gasteiger partial charge in [0.25, 0.3) is 11.8 Å². The summed E-state index contributed by atoms with van der Waals surface area (Å²) in [7, 11) is 1.79. The highest BCUT2D eigenvalue weighted by atomic mass is 16.5. The fourth-order valence-electron chi connectivity index (χ4n) is 5.39. The van der Waals surface area contributed by atoms with Crippen molar-refractivity contribution in [3.8, 4) is 0 Å². The normalized spacial score (nSPS) is 20.0. The first kappa shape index (κ1) is 25.6. The molecule has 0 spiro atoms. The Morgan fingerprint density at radius 1 is 0.974 bits per heavy atom.